The van der Waals surface area contributed by atoms with E-state index < -0.39 is 11.4 Å². The van der Waals surface area contributed by atoms with Gasteiger partial charge in [-0.1, -0.05) is 34.6 Å². The Balaban J connectivity index is 1.32. The fourth-order valence-corrected chi connectivity index (χ4v) is 12.7. The van der Waals surface area contributed by atoms with Crippen molar-refractivity contribution in [2.75, 3.05) is 0 Å². The van der Waals surface area contributed by atoms with Gasteiger partial charge in [-0.05, 0) is 104 Å². The van der Waals surface area contributed by atoms with Gasteiger partial charge in [-0.15, -0.1) is 0 Å². The Morgan fingerprint density at radius 1 is 0.829 bits per heavy atom. The first-order valence-corrected chi connectivity index (χ1v) is 14.5. The highest BCUT2D eigenvalue weighted by Gasteiger charge is 2.87. The molecule has 5 nitrogen and oxygen atoms in total. The lowest BCUT2D eigenvalue weighted by atomic mass is 9.41. The van der Waals surface area contributed by atoms with Crippen molar-refractivity contribution < 1.29 is 24.8 Å². The van der Waals surface area contributed by atoms with Crippen LogP contribution in [0, 0.1) is 50.7 Å². The maximum atomic E-state index is 12.0. The van der Waals surface area contributed by atoms with Crippen molar-refractivity contribution in [3.05, 3.63) is 0 Å². The molecule has 13 atom stereocenters. The highest BCUT2D eigenvalue weighted by molar-refractivity contribution is 5.33. The number of hydrogen-bond donors (Lipinski definition) is 3. The lowest BCUT2D eigenvalue weighted by molar-refractivity contribution is -0.245. The number of fused-ring (bicyclic) bond motifs is 4. The van der Waals surface area contributed by atoms with Crippen LogP contribution < -0.4 is 0 Å². The Morgan fingerprint density at radius 3 is 2.23 bits per heavy atom. The van der Waals surface area contributed by atoms with E-state index in [0.717, 1.165) is 38.5 Å². The van der Waals surface area contributed by atoms with E-state index in [0.29, 0.717) is 11.8 Å². The number of rotatable bonds is 1. The molecule has 2 aliphatic heterocycles. The lowest BCUT2D eigenvalue weighted by Crippen LogP contribution is -2.62. The molecule has 0 unspecified atom stereocenters. The van der Waals surface area contributed by atoms with Gasteiger partial charge in [0.05, 0.1) is 23.9 Å². The standard InChI is InChI=1S/C30H48O5/c1-16-12-18-23(25(4,5)33)35-30(34-18)14-27(7)22-17(31)13-19-24(2,3)20(32)8-9-28(19)15-29(22,28)11-10-26(27,6)21(16)30/h16-23,31-33H,8-15H2,1-7H3/t16-,17+,18-,19+,20+,21-,22+,23+,26-,27+,28-,29+,30-/m1/s1. The minimum atomic E-state index is -0.938. The normalized spacial score (nSPS) is 63.9. The van der Waals surface area contributed by atoms with Gasteiger partial charge in [0.25, 0.3) is 0 Å². The van der Waals surface area contributed by atoms with Crippen molar-refractivity contribution in [2.45, 2.75) is 136 Å². The molecule has 0 aromatic carbocycles. The number of ether oxygens (including phenoxy) is 2. The smallest absolute Gasteiger partial charge is 0.173 e. The lowest BCUT2D eigenvalue weighted by Gasteiger charge is -2.64. The van der Waals surface area contributed by atoms with Crippen molar-refractivity contribution in [2.24, 2.45) is 50.7 Å². The van der Waals surface area contributed by atoms with E-state index in [4.69, 9.17) is 9.47 Å². The third kappa shape index (κ3) is 2.42. The molecular weight excluding hydrogens is 440 g/mol. The molecule has 2 saturated heterocycles. The molecular formula is C30H48O5. The van der Waals surface area contributed by atoms with Crippen molar-refractivity contribution in [3.8, 4) is 0 Å². The Hall–Kier alpha value is -0.200. The summed E-state index contributed by atoms with van der Waals surface area (Å²) in [7, 11) is 0. The number of hydrogen-bond acceptors (Lipinski definition) is 5. The maximum Gasteiger partial charge on any atom is 0.173 e. The van der Waals surface area contributed by atoms with Gasteiger partial charge in [-0.25, -0.2) is 0 Å². The Labute approximate surface area is 211 Å². The van der Waals surface area contributed by atoms with Gasteiger partial charge in [-0.2, -0.15) is 0 Å². The quantitative estimate of drug-likeness (QED) is 0.500. The Bertz CT molecular complexity index is 957. The second-order valence-corrected chi connectivity index (χ2v) is 16.1. The zero-order valence-electron chi connectivity index (χ0n) is 22.9. The van der Waals surface area contributed by atoms with Crippen LogP contribution in [0.3, 0.4) is 0 Å². The van der Waals surface area contributed by atoms with Gasteiger partial charge in [0, 0.05) is 12.3 Å². The Morgan fingerprint density at radius 2 is 1.54 bits per heavy atom. The third-order valence-corrected chi connectivity index (χ3v) is 14.0. The van der Waals surface area contributed by atoms with Crippen LogP contribution >= 0.6 is 0 Å². The summed E-state index contributed by atoms with van der Waals surface area (Å²) in [5.74, 6) is 0.733. The molecule has 0 aromatic rings. The summed E-state index contributed by atoms with van der Waals surface area (Å²) in [6.45, 7) is 15.5. The molecule has 7 fully saturated rings. The molecule has 0 aromatic heterocycles. The van der Waals surface area contributed by atoms with Crippen LogP contribution in [-0.2, 0) is 9.47 Å². The van der Waals surface area contributed by atoms with Crippen LogP contribution in [0.5, 0.6) is 0 Å². The molecule has 7 aliphatic rings. The van der Waals surface area contributed by atoms with Crippen LogP contribution in [0.2, 0.25) is 0 Å². The predicted molar refractivity (Wildman–Crippen MR) is 132 cm³/mol. The summed E-state index contributed by atoms with van der Waals surface area (Å²) < 4.78 is 13.7. The maximum absolute atomic E-state index is 12.0. The zero-order chi connectivity index (χ0) is 25.2. The molecule has 2 bridgehead atoms. The minimum absolute atomic E-state index is 0.0308. The molecule has 35 heavy (non-hydrogen) atoms. The van der Waals surface area contributed by atoms with E-state index in [-0.39, 0.29) is 63.3 Å². The van der Waals surface area contributed by atoms with E-state index in [1.807, 2.05) is 13.8 Å². The van der Waals surface area contributed by atoms with Gasteiger partial charge >= 0.3 is 0 Å². The summed E-state index contributed by atoms with van der Waals surface area (Å²) in [6.07, 6.45) is 7.16. The predicted octanol–water partition coefficient (Wildman–Crippen LogP) is 4.66. The molecule has 7 rings (SSSR count). The van der Waals surface area contributed by atoms with Crippen molar-refractivity contribution in [1.29, 1.82) is 0 Å². The molecule has 5 aliphatic carbocycles. The first-order valence-electron chi connectivity index (χ1n) is 14.5. The monoisotopic (exact) mass is 488 g/mol. The Kier molecular flexibility index (Phi) is 4.32. The van der Waals surface area contributed by atoms with E-state index in [2.05, 4.69) is 34.6 Å². The highest BCUT2D eigenvalue weighted by atomic mass is 16.8. The van der Waals surface area contributed by atoms with Crippen LogP contribution in [0.25, 0.3) is 0 Å². The number of aliphatic hydroxyl groups excluding tert-OH is 2. The molecule has 198 valence electrons. The van der Waals surface area contributed by atoms with Gasteiger partial charge in [-0.3, -0.25) is 0 Å². The van der Waals surface area contributed by atoms with Crippen LogP contribution in [0.4, 0.5) is 0 Å². The van der Waals surface area contributed by atoms with Crippen LogP contribution in [0.1, 0.15) is 99.8 Å². The number of aliphatic hydroxyl groups is 3. The van der Waals surface area contributed by atoms with Gasteiger partial charge in [0.15, 0.2) is 5.79 Å². The average Bonchev–Trinajstić information content (AvgIpc) is 3.20. The van der Waals surface area contributed by atoms with Crippen LogP contribution in [-0.4, -0.2) is 51.1 Å². The second-order valence-electron chi connectivity index (χ2n) is 16.1. The van der Waals surface area contributed by atoms with Crippen molar-refractivity contribution >= 4 is 0 Å². The van der Waals surface area contributed by atoms with E-state index in [1.54, 1.807) is 0 Å². The molecule has 3 N–H and O–H groups in total. The van der Waals surface area contributed by atoms with E-state index >= 15 is 0 Å². The van der Waals surface area contributed by atoms with E-state index in [9.17, 15) is 15.3 Å². The average molecular weight is 489 g/mol. The molecule has 5 heteroatoms. The largest absolute Gasteiger partial charge is 0.393 e. The molecule has 2 heterocycles. The van der Waals surface area contributed by atoms with Crippen LogP contribution in [0.15, 0.2) is 0 Å². The molecule has 0 radical (unpaired) electrons. The minimum Gasteiger partial charge on any atom is -0.393 e. The summed E-state index contributed by atoms with van der Waals surface area (Å²) in [5, 5.41) is 33.9. The van der Waals surface area contributed by atoms with Gasteiger partial charge in [0.1, 0.15) is 6.10 Å². The summed E-state index contributed by atoms with van der Waals surface area (Å²) in [6, 6.07) is 0. The molecule has 0 amide bonds. The fraction of sp³-hybridized carbons (Fsp3) is 1.00. The highest BCUT2D eigenvalue weighted by Crippen LogP contribution is 2.90. The fourth-order valence-electron chi connectivity index (χ4n) is 12.7. The van der Waals surface area contributed by atoms with Gasteiger partial charge < -0.3 is 24.8 Å². The van der Waals surface area contributed by atoms with Crippen molar-refractivity contribution in [1.82, 2.24) is 0 Å². The summed E-state index contributed by atoms with van der Waals surface area (Å²) in [4.78, 5) is 0. The van der Waals surface area contributed by atoms with Gasteiger partial charge in [0.2, 0.25) is 0 Å². The second kappa shape index (κ2) is 6.33. The molecule has 5 saturated carbocycles. The topological polar surface area (TPSA) is 79.2 Å². The third-order valence-electron chi connectivity index (χ3n) is 14.0. The van der Waals surface area contributed by atoms with Crippen molar-refractivity contribution in [3.63, 3.8) is 0 Å². The SMILES string of the molecule is C[C@@H]1C[C@H]2O[C@]3(C[C@@]4(C)[C@@H]5[C@@H](O)C[C@H]6C(C)(C)[C@@H](O)CC[C@@]67C[C@@]57CC[C@]4(C)[C@@H]13)O[C@@H]2C(C)(C)O. The zero-order valence-corrected chi connectivity index (χ0v) is 22.9. The van der Waals surface area contributed by atoms with E-state index in [1.165, 1.54) is 12.8 Å². The first kappa shape index (κ1) is 23.9. The summed E-state index contributed by atoms with van der Waals surface area (Å²) >= 11 is 0. The summed E-state index contributed by atoms with van der Waals surface area (Å²) in [5.41, 5.74) is -0.674. The molecule has 3 spiro atoms. The first-order chi connectivity index (χ1) is 16.1.